The highest BCUT2D eigenvalue weighted by molar-refractivity contribution is 7.13. The van der Waals surface area contributed by atoms with Crippen molar-refractivity contribution in [1.29, 1.82) is 0 Å². The number of carbonyl (C=O) groups excluding carboxylic acids is 2. The van der Waals surface area contributed by atoms with Crippen molar-refractivity contribution in [2.24, 2.45) is 0 Å². The Kier molecular flexibility index (Phi) is 6.35. The van der Waals surface area contributed by atoms with Crippen molar-refractivity contribution in [2.45, 2.75) is 13.5 Å². The Morgan fingerprint density at radius 1 is 1.22 bits per heavy atom. The number of benzene rings is 1. The van der Waals surface area contributed by atoms with Gasteiger partial charge in [-0.1, -0.05) is 11.2 Å². The van der Waals surface area contributed by atoms with Gasteiger partial charge < -0.3 is 19.3 Å². The van der Waals surface area contributed by atoms with Crippen molar-refractivity contribution in [3.05, 3.63) is 59.1 Å². The highest BCUT2D eigenvalue weighted by atomic mass is 32.1. The van der Waals surface area contributed by atoms with E-state index in [-0.39, 0.29) is 19.1 Å². The summed E-state index contributed by atoms with van der Waals surface area (Å²) in [4.78, 5) is 24.5. The molecule has 7 nitrogen and oxygen atoms in total. The van der Waals surface area contributed by atoms with E-state index in [4.69, 9.17) is 14.0 Å². The molecule has 27 heavy (non-hydrogen) atoms. The van der Waals surface area contributed by atoms with Crippen LogP contribution < -0.4 is 5.32 Å². The maximum atomic E-state index is 11.9. The molecule has 0 saturated carbocycles. The topological polar surface area (TPSA) is 90.7 Å². The lowest BCUT2D eigenvalue weighted by Gasteiger charge is -2.06. The van der Waals surface area contributed by atoms with E-state index in [1.54, 1.807) is 48.6 Å². The van der Waals surface area contributed by atoms with Crippen molar-refractivity contribution in [3.63, 3.8) is 0 Å². The number of nitrogens with one attached hydrogen (secondary N) is 1. The summed E-state index contributed by atoms with van der Waals surface area (Å²) in [5.41, 5.74) is 1.61. The predicted molar refractivity (Wildman–Crippen MR) is 101 cm³/mol. The fourth-order valence-corrected chi connectivity index (χ4v) is 2.94. The smallest absolute Gasteiger partial charge is 0.338 e. The molecule has 2 aromatic heterocycles. The molecule has 0 spiro atoms. The summed E-state index contributed by atoms with van der Waals surface area (Å²) in [7, 11) is 0. The van der Waals surface area contributed by atoms with Gasteiger partial charge >= 0.3 is 5.97 Å². The molecular weight excluding hydrogens is 368 g/mol. The van der Waals surface area contributed by atoms with E-state index >= 15 is 0 Å². The second-order valence-corrected chi connectivity index (χ2v) is 6.45. The van der Waals surface area contributed by atoms with E-state index in [9.17, 15) is 9.59 Å². The summed E-state index contributed by atoms with van der Waals surface area (Å²) in [5, 5.41) is 8.58. The molecule has 0 aliphatic carbocycles. The van der Waals surface area contributed by atoms with Gasteiger partial charge in [0.05, 0.1) is 23.7 Å². The molecule has 0 radical (unpaired) electrons. The Balaban J connectivity index is 1.44. The van der Waals surface area contributed by atoms with E-state index < -0.39 is 5.97 Å². The van der Waals surface area contributed by atoms with Crippen molar-refractivity contribution in [1.82, 2.24) is 5.16 Å². The lowest BCUT2D eigenvalue weighted by atomic mass is 10.2. The average molecular weight is 386 g/mol. The van der Waals surface area contributed by atoms with Crippen LogP contribution in [0.15, 0.2) is 52.4 Å². The van der Waals surface area contributed by atoms with Gasteiger partial charge in [-0.25, -0.2) is 4.79 Å². The van der Waals surface area contributed by atoms with Gasteiger partial charge in [0.15, 0.2) is 5.76 Å². The minimum Gasteiger partial charge on any atom is -0.462 e. The van der Waals surface area contributed by atoms with Crippen LogP contribution in [0.2, 0.25) is 0 Å². The summed E-state index contributed by atoms with van der Waals surface area (Å²) in [6.45, 7) is 2.11. The lowest BCUT2D eigenvalue weighted by Crippen LogP contribution is -2.18. The number of amides is 1. The zero-order valence-corrected chi connectivity index (χ0v) is 15.5. The first kappa shape index (κ1) is 18.8. The van der Waals surface area contributed by atoms with Gasteiger partial charge in [-0.15, -0.1) is 11.3 Å². The summed E-state index contributed by atoms with van der Waals surface area (Å²) < 4.78 is 15.5. The number of anilines is 1. The minimum atomic E-state index is -0.395. The third-order valence-electron chi connectivity index (χ3n) is 3.49. The van der Waals surface area contributed by atoms with Crippen LogP contribution in [0.1, 0.15) is 23.0 Å². The van der Waals surface area contributed by atoms with Crippen LogP contribution in [-0.2, 0) is 20.9 Å². The third-order valence-corrected chi connectivity index (χ3v) is 4.37. The number of hydrogen-bond acceptors (Lipinski definition) is 7. The maximum absolute atomic E-state index is 11.9. The normalized spacial score (nSPS) is 10.6. The van der Waals surface area contributed by atoms with Crippen molar-refractivity contribution >= 4 is 28.9 Å². The number of nitrogens with zero attached hydrogens (tertiary/aromatic N) is 1. The third kappa shape index (κ3) is 5.25. The first-order valence-electron chi connectivity index (χ1n) is 8.30. The number of esters is 1. The molecule has 3 rings (SSSR count). The minimum absolute atomic E-state index is 0.124. The number of ether oxygens (including phenoxy) is 2. The fraction of sp³-hybridized carbons (Fsp3) is 0.211. The maximum Gasteiger partial charge on any atom is 0.338 e. The molecule has 1 aromatic carbocycles. The molecule has 0 saturated heterocycles. The van der Waals surface area contributed by atoms with Crippen LogP contribution in [0.25, 0.3) is 10.6 Å². The van der Waals surface area contributed by atoms with E-state index in [2.05, 4.69) is 10.5 Å². The van der Waals surface area contributed by atoms with Crippen LogP contribution in [0, 0.1) is 0 Å². The highest BCUT2D eigenvalue weighted by Gasteiger charge is 2.10. The van der Waals surface area contributed by atoms with E-state index in [1.807, 2.05) is 17.5 Å². The van der Waals surface area contributed by atoms with Gasteiger partial charge in [-0.05, 0) is 42.6 Å². The Morgan fingerprint density at radius 3 is 2.74 bits per heavy atom. The molecule has 0 aliphatic rings. The molecule has 1 amide bonds. The van der Waals surface area contributed by atoms with Crippen molar-refractivity contribution in [3.8, 4) is 10.6 Å². The Morgan fingerprint density at radius 2 is 2.04 bits per heavy atom. The molecule has 8 heteroatoms. The molecule has 1 N–H and O–H groups in total. The van der Waals surface area contributed by atoms with Gasteiger partial charge in [0.2, 0.25) is 5.91 Å². The lowest BCUT2D eigenvalue weighted by molar-refractivity contribution is -0.121. The molecule has 0 fully saturated rings. The summed E-state index contributed by atoms with van der Waals surface area (Å²) >= 11 is 1.56. The second kappa shape index (κ2) is 9.11. The number of carbonyl (C=O) groups is 2. The molecule has 2 heterocycles. The van der Waals surface area contributed by atoms with Crippen LogP contribution in [0.3, 0.4) is 0 Å². The molecular formula is C19H18N2O5S. The Hall–Kier alpha value is -2.97. The number of aromatic nitrogens is 1. The molecule has 0 bridgehead atoms. The van der Waals surface area contributed by atoms with Gasteiger partial charge in [0.1, 0.15) is 12.3 Å². The monoisotopic (exact) mass is 386 g/mol. The highest BCUT2D eigenvalue weighted by Crippen LogP contribution is 2.25. The molecule has 0 unspecified atom stereocenters. The summed E-state index contributed by atoms with van der Waals surface area (Å²) in [6, 6.07) is 12.1. The fourth-order valence-electron chi connectivity index (χ4n) is 2.26. The standard InChI is InChI=1S/C19H18N2O5S/c1-2-25-19(23)13-5-7-14(8-6-13)20-18(22)12-24-11-15-10-16(26-21-15)17-4-3-9-27-17/h3-10H,2,11-12H2,1H3,(H,20,22). The zero-order valence-electron chi connectivity index (χ0n) is 14.6. The van der Waals surface area contributed by atoms with Crippen LogP contribution in [-0.4, -0.2) is 30.2 Å². The number of thiophene rings is 1. The van der Waals surface area contributed by atoms with Gasteiger partial charge in [-0.2, -0.15) is 0 Å². The Bertz CT molecular complexity index is 887. The molecule has 140 valence electrons. The zero-order chi connectivity index (χ0) is 19.1. The van der Waals surface area contributed by atoms with E-state index in [1.165, 1.54) is 0 Å². The van der Waals surface area contributed by atoms with Gasteiger partial charge in [0.25, 0.3) is 0 Å². The molecule has 0 aliphatic heterocycles. The second-order valence-electron chi connectivity index (χ2n) is 5.50. The molecule has 0 atom stereocenters. The summed E-state index contributed by atoms with van der Waals surface area (Å²) in [6.07, 6.45) is 0. The van der Waals surface area contributed by atoms with Gasteiger partial charge in [-0.3, -0.25) is 4.79 Å². The van der Waals surface area contributed by atoms with Crippen molar-refractivity contribution < 1.29 is 23.6 Å². The molecule has 3 aromatic rings. The van der Waals surface area contributed by atoms with Gasteiger partial charge in [0, 0.05) is 11.8 Å². The number of rotatable bonds is 8. The number of hydrogen-bond donors (Lipinski definition) is 1. The average Bonchev–Trinajstić information content (AvgIpc) is 3.34. The quantitative estimate of drug-likeness (QED) is 0.593. The largest absolute Gasteiger partial charge is 0.462 e. The first-order valence-corrected chi connectivity index (χ1v) is 9.18. The van der Waals surface area contributed by atoms with Crippen LogP contribution in [0.5, 0.6) is 0 Å². The summed E-state index contributed by atoms with van der Waals surface area (Å²) in [5.74, 6) is -0.0242. The van der Waals surface area contributed by atoms with E-state index in [0.717, 1.165) is 4.88 Å². The first-order chi connectivity index (χ1) is 13.2. The van der Waals surface area contributed by atoms with Crippen LogP contribution >= 0.6 is 11.3 Å². The van der Waals surface area contributed by atoms with Crippen LogP contribution in [0.4, 0.5) is 5.69 Å². The van der Waals surface area contributed by atoms with E-state index in [0.29, 0.717) is 29.3 Å². The SMILES string of the molecule is CCOC(=O)c1ccc(NC(=O)COCc2cc(-c3cccs3)on2)cc1. The predicted octanol–water partition coefficient (Wildman–Crippen LogP) is 3.74. The van der Waals surface area contributed by atoms with Crippen molar-refractivity contribution in [2.75, 3.05) is 18.5 Å². The Labute approximate surface area is 159 Å².